The number of fused-ring (bicyclic) bond motifs is 1. The molecule has 1 aromatic carbocycles. The number of hydrogen-bond donors (Lipinski definition) is 2. The van der Waals surface area contributed by atoms with Crippen LogP contribution in [0.15, 0.2) is 39.9 Å². The molecule has 0 unspecified atom stereocenters. The van der Waals surface area contributed by atoms with E-state index < -0.39 is 23.1 Å². The Morgan fingerprint density at radius 1 is 1.00 bits per heavy atom. The first-order valence-electron chi connectivity index (χ1n) is 9.76. The summed E-state index contributed by atoms with van der Waals surface area (Å²) in [6.45, 7) is 2.48. The molecule has 3 aromatic rings. The quantitative estimate of drug-likeness (QED) is 0.532. The van der Waals surface area contributed by atoms with E-state index >= 15 is 0 Å². The SMILES string of the molecule is CCCOc1ccc(C(=O)NNC(=O)c2ccc3c(=O)n(C)c(=O)n(C)c3n2)cc1OC. The van der Waals surface area contributed by atoms with Gasteiger partial charge in [0.1, 0.15) is 11.3 Å². The third kappa shape index (κ3) is 4.31. The monoisotopic (exact) mass is 441 g/mol. The van der Waals surface area contributed by atoms with Crippen LogP contribution >= 0.6 is 0 Å². The second kappa shape index (κ2) is 9.33. The minimum absolute atomic E-state index is 0.0597. The molecule has 32 heavy (non-hydrogen) atoms. The van der Waals surface area contributed by atoms with Gasteiger partial charge in [0.2, 0.25) is 0 Å². The van der Waals surface area contributed by atoms with E-state index in [0.717, 1.165) is 11.0 Å². The first kappa shape index (κ1) is 22.5. The number of pyridine rings is 1. The van der Waals surface area contributed by atoms with Crippen molar-refractivity contribution >= 4 is 22.8 Å². The fourth-order valence-corrected chi connectivity index (χ4v) is 2.97. The molecule has 0 fully saturated rings. The molecule has 0 bridgehead atoms. The van der Waals surface area contributed by atoms with Crippen LogP contribution in [0.5, 0.6) is 11.5 Å². The Bertz CT molecular complexity index is 1310. The van der Waals surface area contributed by atoms with Crippen molar-refractivity contribution in [2.75, 3.05) is 13.7 Å². The zero-order valence-corrected chi connectivity index (χ0v) is 18.1. The van der Waals surface area contributed by atoms with Crippen molar-refractivity contribution in [3.8, 4) is 11.5 Å². The average molecular weight is 441 g/mol. The summed E-state index contributed by atoms with van der Waals surface area (Å²) in [6.07, 6.45) is 0.822. The molecule has 11 heteroatoms. The van der Waals surface area contributed by atoms with Crippen molar-refractivity contribution in [1.82, 2.24) is 25.0 Å². The van der Waals surface area contributed by atoms with E-state index in [2.05, 4.69) is 15.8 Å². The minimum atomic E-state index is -0.719. The maximum atomic E-state index is 12.5. The number of hydrazine groups is 1. The number of nitrogens with zero attached hydrogens (tertiary/aromatic N) is 3. The van der Waals surface area contributed by atoms with Gasteiger partial charge < -0.3 is 9.47 Å². The topological polar surface area (TPSA) is 134 Å². The summed E-state index contributed by atoms with van der Waals surface area (Å²) >= 11 is 0. The first-order chi connectivity index (χ1) is 15.3. The van der Waals surface area contributed by atoms with Crippen LogP contribution in [-0.2, 0) is 14.1 Å². The number of aromatic nitrogens is 3. The lowest BCUT2D eigenvalue weighted by atomic mass is 10.2. The van der Waals surface area contributed by atoms with Crippen LogP contribution in [-0.4, -0.2) is 39.6 Å². The highest BCUT2D eigenvalue weighted by atomic mass is 16.5. The molecule has 0 aliphatic heterocycles. The Morgan fingerprint density at radius 2 is 1.72 bits per heavy atom. The Kier molecular flexibility index (Phi) is 6.57. The van der Waals surface area contributed by atoms with Crippen LogP contribution < -0.4 is 31.6 Å². The number of ether oxygens (including phenoxy) is 2. The van der Waals surface area contributed by atoms with Crippen LogP contribution in [0.2, 0.25) is 0 Å². The summed E-state index contributed by atoms with van der Waals surface area (Å²) in [7, 11) is 4.27. The van der Waals surface area contributed by atoms with Gasteiger partial charge >= 0.3 is 5.69 Å². The average Bonchev–Trinajstić information content (AvgIpc) is 2.82. The predicted molar refractivity (Wildman–Crippen MR) is 116 cm³/mol. The Morgan fingerprint density at radius 3 is 2.41 bits per heavy atom. The van der Waals surface area contributed by atoms with Crippen LogP contribution in [0.1, 0.15) is 34.2 Å². The Labute approximate surface area is 182 Å². The third-order valence-electron chi connectivity index (χ3n) is 4.71. The zero-order valence-electron chi connectivity index (χ0n) is 18.1. The van der Waals surface area contributed by atoms with Crippen molar-refractivity contribution in [1.29, 1.82) is 0 Å². The molecule has 0 aliphatic rings. The fourth-order valence-electron chi connectivity index (χ4n) is 2.97. The molecule has 2 amide bonds. The lowest BCUT2D eigenvalue weighted by Gasteiger charge is -2.12. The van der Waals surface area contributed by atoms with Crippen LogP contribution in [0.4, 0.5) is 0 Å². The van der Waals surface area contributed by atoms with Gasteiger partial charge in [-0.3, -0.25) is 34.4 Å². The van der Waals surface area contributed by atoms with Gasteiger partial charge in [0.15, 0.2) is 11.5 Å². The lowest BCUT2D eigenvalue weighted by molar-refractivity contribution is 0.0844. The molecule has 0 saturated carbocycles. The molecule has 2 aromatic heterocycles. The highest BCUT2D eigenvalue weighted by Crippen LogP contribution is 2.28. The summed E-state index contributed by atoms with van der Waals surface area (Å²) in [6, 6.07) is 7.37. The van der Waals surface area contributed by atoms with E-state index in [0.29, 0.717) is 18.1 Å². The summed E-state index contributed by atoms with van der Waals surface area (Å²) in [4.78, 5) is 53.3. The van der Waals surface area contributed by atoms with E-state index in [1.807, 2.05) is 6.92 Å². The number of hydrogen-bond acceptors (Lipinski definition) is 7. The van der Waals surface area contributed by atoms with Crippen molar-refractivity contribution in [2.24, 2.45) is 14.1 Å². The number of rotatable bonds is 6. The smallest absolute Gasteiger partial charge is 0.332 e. The molecule has 11 nitrogen and oxygen atoms in total. The van der Waals surface area contributed by atoms with E-state index in [-0.39, 0.29) is 22.3 Å². The predicted octanol–water partition coefficient (Wildman–Crippen LogP) is 0.504. The van der Waals surface area contributed by atoms with Crippen molar-refractivity contribution in [3.05, 3.63) is 62.4 Å². The molecule has 3 rings (SSSR count). The zero-order chi connectivity index (χ0) is 23.4. The van der Waals surface area contributed by atoms with Crippen LogP contribution in [0.25, 0.3) is 11.0 Å². The standard InChI is InChI=1S/C21H23N5O6/c1-5-10-32-15-9-6-12(11-16(15)31-4)18(27)23-24-19(28)14-8-7-13-17(22-14)25(2)21(30)26(3)20(13)29/h6-9,11H,5,10H2,1-4H3,(H,23,27)(H,24,28). The maximum absolute atomic E-state index is 12.5. The summed E-state index contributed by atoms with van der Waals surface area (Å²) in [5.41, 5.74) is 3.69. The number of carbonyl (C=O) groups is 2. The number of nitrogens with one attached hydrogen (secondary N) is 2. The normalized spacial score (nSPS) is 10.6. The molecule has 0 saturated heterocycles. The van der Waals surface area contributed by atoms with Crippen LogP contribution in [0, 0.1) is 0 Å². The molecular formula is C21H23N5O6. The van der Waals surface area contributed by atoms with Gasteiger partial charge in [0, 0.05) is 19.7 Å². The van der Waals surface area contributed by atoms with Gasteiger partial charge in [-0.2, -0.15) is 0 Å². The van der Waals surface area contributed by atoms with Gasteiger partial charge in [-0.25, -0.2) is 9.78 Å². The summed E-state index contributed by atoms with van der Waals surface area (Å²) in [5.74, 6) is -0.410. The molecule has 0 atom stereocenters. The Hall–Kier alpha value is -4.15. The first-order valence-corrected chi connectivity index (χ1v) is 9.76. The van der Waals surface area contributed by atoms with Gasteiger partial charge in [0.25, 0.3) is 17.4 Å². The number of amides is 2. The van der Waals surface area contributed by atoms with E-state index in [4.69, 9.17) is 9.47 Å². The minimum Gasteiger partial charge on any atom is -0.493 e. The molecule has 0 spiro atoms. The van der Waals surface area contributed by atoms with Gasteiger partial charge in [-0.15, -0.1) is 0 Å². The largest absolute Gasteiger partial charge is 0.493 e. The summed E-state index contributed by atoms with van der Waals surface area (Å²) < 4.78 is 12.9. The molecule has 2 N–H and O–H groups in total. The fraction of sp³-hybridized carbons (Fsp3) is 0.286. The highest BCUT2D eigenvalue weighted by Gasteiger charge is 2.16. The van der Waals surface area contributed by atoms with Crippen molar-refractivity contribution < 1.29 is 19.1 Å². The van der Waals surface area contributed by atoms with E-state index in [1.165, 1.54) is 50.0 Å². The van der Waals surface area contributed by atoms with Gasteiger partial charge in [-0.05, 0) is 36.8 Å². The van der Waals surface area contributed by atoms with Crippen molar-refractivity contribution in [3.63, 3.8) is 0 Å². The molecule has 0 aliphatic carbocycles. The van der Waals surface area contributed by atoms with Crippen LogP contribution in [0.3, 0.4) is 0 Å². The molecule has 168 valence electrons. The molecular weight excluding hydrogens is 418 g/mol. The molecule has 2 heterocycles. The van der Waals surface area contributed by atoms with Crippen molar-refractivity contribution in [2.45, 2.75) is 13.3 Å². The van der Waals surface area contributed by atoms with Gasteiger partial charge in [0.05, 0.1) is 19.1 Å². The number of aryl methyl sites for hydroxylation is 1. The third-order valence-corrected chi connectivity index (χ3v) is 4.71. The number of benzene rings is 1. The molecule has 0 radical (unpaired) electrons. The Balaban J connectivity index is 1.77. The van der Waals surface area contributed by atoms with E-state index in [9.17, 15) is 19.2 Å². The number of carbonyl (C=O) groups excluding carboxylic acids is 2. The second-order valence-electron chi connectivity index (χ2n) is 6.90. The summed E-state index contributed by atoms with van der Waals surface area (Å²) in [5, 5.41) is 0.188. The second-order valence-corrected chi connectivity index (χ2v) is 6.90. The van der Waals surface area contributed by atoms with Gasteiger partial charge in [-0.1, -0.05) is 6.92 Å². The van der Waals surface area contributed by atoms with E-state index in [1.54, 1.807) is 6.07 Å². The maximum Gasteiger partial charge on any atom is 0.332 e. The number of methoxy groups -OCH3 is 1. The lowest BCUT2D eigenvalue weighted by Crippen LogP contribution is -2.42. The highest BCUT2D eigenvalue weighted by molar-refractivity contribution is 5.99.